The molecule has 0 spiro atoms. The summed E-state index contributed by atoms with van der Waals surface area (Å²) in [4.78, 5) is 9.39. The van der Waals surface area contributed by atoms with Gasteiger partial charge in [-0.3, -0.25) is 0 Å². The number of hydrogen-bond donors (Lipinski definition) is 0. The van der Waals surface area contributed by atoms with E-state index in [9.17, 15) is 0 Å². The SMILES string of the molecule is CC(C)(C)Cc1cc(-c2[c-]cccc2)ncc1[Si](C)(C)C.CC(C)C(C)c1ccnc(-c2[c-]cc(-c3ccccc3)c3c2oc2ccccc23)c1.[Ir]. The second-order valence-corrected chi connectivity index (χ2v) is 21.3. The molecule has 0 aliphatic carbocycles. The summed E-state index contributed by atoms with van der Waals surface area (Å²) in [5.41, 5.74) is 11.0. The second-order valence-electron chi connectivity index (χ2n) is 16.2. The number of nitrogens with zero attached hydrogens (tertiary/aromatic N) is 2. The van der Waals surface area contributed by atoms with Crippen molar-refractivity contribution < 1.29 is 24.5 Å². The van der Waals surface area contributed by atoms with Gasteiger partial charge in [0.2, 0.25) is 0 Å². The molecule has 0 aliphatic heterocycles. The van der Waals surface area contributed by atoms with Gasteiger partial charge < -0.3 is 14.4 Å². The first-order chi connectivity index (χ1) is 24.3. The Morgan fingerprint density at radius 1 is 0.788 bits per heavy atom. The van der Waals surface area contributed by atoms with Crippen LogP contribution in [0.2, 0.25) is 19.6 Å². The topological polar surface area (TPSA) is 38.9 Å². The van der Waals surface area contributed by atoms with Crippen molar-refractivity contribution in [3.63, 3.8) is 0 Å². The zero-order chi connectivity index (χ0) is 36.3. The average Bonchev–Trinajstić information content (AvgIpc) is 3.50. The van der Waals surface area contributed by atoms with Gasteiger partial charge in [-0.05, 0) is 57.8 Å². The molecule has 0 saturated heterocycles. The third kappa shape index (κ3) is 8.89. The van der Waals surface area contributed by atoms with Crippen LogP contribution in [0.4, 0.5) is 0 Å². The monoisotopic (exact) mass is 879 g/mol. The molecule has 7 aromatic rings. The zero-order valence-electron chi connectivity index (χ0n) is 32.0. The number of aromatic nitrogens is 2. The van der Waals surface area contributed by atoms with Crippen molar-refractivity contribution in [3.8, 4) is 33.6 Å². The van der Waals surface area contributed by atoms with Crippen LogP contribution in [0.25, 0.3) is 55.6 Å². The molecule has 7 rings (SSSR count). The fourth-order valence-corrected chi connectivity index (χ4v) is 8.22. The molecule has 5 heteroatoms. The normalized spacial score (nSPS) is 12.3. The van der Waals surface area contributed by atoms with E-state index in [0.29, 0.717) is 11.8 Å². The molecule has 0 fully saturated rings. The molecule has 0 amide bonds. The summed E-state index contributed by atoms with van der Waals surface area (Å²) in [6.45, 7) is 20.9. The fourth-order valence-electron chi connectivity index (χ4n) is 6.65. The maximum atomic E-state index is 6.38. The predicted molar refractivity (Wildman–Crippen MR) is 219 cm³/mol. The van der Waals surface area contributed by atoms with Crippen molar-refractivity contribution in [3.05, 3.63) is 139 Å². The molecule has 3 aromatic heterocycles. The zero-order valence-corrected chi connectivity index (χ0v) is 35.4. The molecule has 3 heterocycles. The first-order valence-electron chi connectivity index (χ1n) is 18.1. The number of fused-ring (bicyclic) bond motifs is 3. The van der Waals surface area contributed by atoms with Crippen LogP contribution in [0.15, 0.2) is 120 Å². The molecule has 0 saturated carbocycles. The van der Waals surface area contributed by atoms with Crippen LogP contribution < -0.4 is 5.19 Å². The number of rotatable bonds is 7. The molecular weight excluding hydrogens is 829 g/mol. The largest absolute Gasteiger partial charge is 0.501 e. The molecule has 0 aliphatic rings. The summed E-state index contributed by atoms with van der Waals surface area (Å²) in [6.07, 6.45) is 5.11. The quantitative estimate of drug-likeness (QED) is 0.118. The van der Waals surface area contributed by atoms with E-state index in [0.717, 1.165) is 62.0 Å². The summed E-state index contributed by atoms with van der Waals surface area (Å²) in [6, 6.07) is 42.2. The van der Waals surface area contributed by atoms with E-state index in [1.807, 2.05) is 42.6 Å². The first kappa shape index (κ1) is 39.1. The van der Waals surface area contributed by atoms with Crippen molar-refractivity contribution in [2.24, 2.45) is 11.3 Å². The van der Waals surface area contributed by atoms with E-state index in [4.69, 9.17) is 9.40 Å². The van der Waals surface area contributed by atoms with Gasteiger partial charge in [-0.2, -0.15) is 0 Å². The fraction of sp³-hybridized carbons (Fsp3) is 0.277. The molecule has 3 nitrogen and oxygen atoms in total. The van der Waals surface area contributed by atoms with E-state index in [1.165, 1.54) is 16.3 Å². The summed E-state index contributed by atoms with van der Waals surface area (Å²) in [7, 11) is -1.37. The van der Waals surface area contributed by atoms with Crippen LogP contribution in [0.5, 0.6) is 0 Å². The predicted octanol–water partition coefficient (Wildman–Crippen LogP) is 12.6. The number of hydrogen-bond acceptors (Lipinski definition) is 3. The summed E-state index contributed by atoms with van der Waals surface area (Å²) in [5.74, 6) is 1.03. The Labute approximate surface area is 325 Å². The van der Waals surface area contributed by atoms with Gasteiger partial charge in [-0.1, -0.05) is 150 Å². The molecule has 269 valence electrons. The molecule has 0 bridgehead atoms. The smallest absolute Gasteiger partial charge is 0.120 e. The maximum Gasteiger partial charge on any atom is 0.120 e. The first-order valence-corrected chi connectivity index (χ1v) is 21.6. The molecule has 1 unspecified atom stereocenters. The van der Waals surface area contributed by atoms with Crippen LogP contribution in [-0.2, 0) is 26.5 Å². The minimum atomic E-state index is -1.37. The minimum Gasteiger partial charge on any atom is -0.501 e. The third-order valence-electron chi connectivity index (χ3n) is 9.61. The summed E-state index contributed by atoms with van der Waals surface area (Å²) < 4.78 is 6.38. The molecular formula is C47H50IrN2OSi-2. The van der Waals surface area contributed by atoms with Crippen molar-refractivity contribution in [1.29, 1.82) is 0 Å². The van der Waals surface area contributed by atoms with Crippen LogP contribution in [0.1, 0.15) is 58.6 Å². The van der Waals surface area contributed by atoms with Crippen molar-refractivity contribution >= 4 is 35.2 Å². The Morgan fingerprint density at radius 2 is 1.50 bits per heavy atom. The van der Waals surface area contributed by atoms with Gasteiger partial charge in [0.05, 0.1) is 13.7 Å². The van der Waals surface area contributed by atoms with Gasteiger partial charge in [0.25, 0.3) is 0 Å². The number of para-hydroxylation sites is 1. The number of furan rings is 1. The Morgan fingerprint density at radius 3 is 2.17 bits per heavy atom. The molecule has 1 atom stereocenters. The third-order valence-corrected chi connectivity index (χ3v) is 11.7. The second kappa shape index (κ2) is 16.2. The summed E-state index contributed by atoms with van der Waals surface area (Å²) >= 11 is 0. The van der Waals surface area contributed by atoms with Crippen LogP contribution in [0.3, 0.4) is 0 Å². The van der Waals surface area contributed by atoms with Gasteiger partial charge in [-0.25, -0.2) is 0 Å². The molecule has 52 heavy (non-hydrogen) atoms. The summed E-state index contributed by atoms with van der Waals surface area (Å²) in [5, 5.41) is 3.72. The molecule has 0 N–H and O–H groups in total. The van der Waals surface area contributed by atoms with Gasteiger partial charge in [0, 0.05) is 37.9 Å². The van der Waals surface area contributed by atoms with Crippen molar-refractivity contribution in [2.45, 2.75) is 73.5 Å². The Kier molecular flexibility index (Phi) is 12.2. The maximum absolute atomic E-state index is 6.38. The Hall–Kier alpha value is -4.15. The van der Waals surface area contributed by atoms with E-state index in [1.54, 1.807) is 0 Å². The van der Waals surface area contributed by atoms with E-state index in [-0.39, 0.29) is 25.5 Å². The van der Waals surface area contributed by atoms with Gasteiger partial charge in [0.1, 0.15) is 5.58 Å². The van der Waals surface area contributed by atoms with E-state index < -0.39 is 8.07 Å². The van der Waals surface area contributed by atoms with E-state index >= 15 is 0 Å². The molecule has 1 radical (unpaired) electrons. The Balaban J connectivity index is 0.000000210. The molecule has 4 aromatic carbocycles. The average molecular weight is 879 g/mol. The van der Waals surface area contributed by atoms with Crippen molar-refractivity contribution in [2.75, 3.05) is 0 Å². The van der Waals surface area contributed by atoms with Crippen LogP contribution in [-0.4, -0.2) is 18.0 Å². The number of pyridine rings is 2. The Bertz CT molecular complexity index is 2250. The van der Waals surface area contributed by atoms with Crippen LogP contribution in [0, 0.1) is 23.5 Å². The number of benzene rings is 4. The van der Waals surface area contributed by atoms with Crippen molar-refractivity contribution in [1.82, 2.24) is 9.97 Å². The standard InChI is InChI=1S/C28H24NO.C19H26NSi.Ir/c1-18(2)19(3)21-15-16-29-25(17-21)23-14-13-22(20-9-5-4-6-10-20)27-24-11-7-8-12-26(24)30-28(23)27;1-19(2,3)13-16-12-17(15-10-8-7-9-11-15)20-14-18(16)21(4,5)6;/h4-13,15-19H,1-3H3;7-10,12,14H,13H2,1-6H3;/q2*-1;. The van der Waals surface area contributed by atoms with Gasteiger partial charge in [0.15, 0.2) is 0 Å². The van der Waals surface area contributed by atoms with Gasteiger partial charge in [-0.15, -0.1) is 48.0 Å². The van der Waals surface area contributed by atoms with E-state index in [2.05, 4.69) is 151 Å². The minimum absolute atomic E-state index is 0. The van der Waals surface area contributed by atoms with Crippen LogP contribution >= 0.6 is 0 Å². The van der Waals surface area contributed by atoms with Gasteiger partial charge >= 0.3 is 0 Å².